The Labute approximate surface area is 139 Å². The number of H-pyrrole nitrogens is 1. The maximum atomic E-state index is 13.5. The summed E-state index contributed by atoms with van der Waals surface area (Å²) in [6.45, 7) is 0.395. The fraction of sp³-hybridized carbons (Fsp3) is 0.211. The minimum absolute atomic E-state index is 0.0934. The molecule has 0 bridgehead atoms. The number of benzene rings is 2. The molecule has 0 radical (unpaired) electrons. The van der Waals surface area contributed by atoms with Crippen LogP contribution < -0.4 is 4.74 Å². The Morgan fingerprint density at radius 3 is 2.75 bits per heavy atom. The summed E-state index contributed by atoms with van der Waals surface area (Å²) in [6.07, 6.45) is 2.71. The summed E-state index contributed by atoms with van der Waals surface area (Å²) in [5, 5.41) is 1.17. The number of para-hydroxylation sites is 2. The van der Waals surface area contributed by atoms with Crippen LogP contribution in [0.5, 0.6) is 5.75 Å². The predicted molar refractivity (Wildman–Crippen MR) is 91.5 cm³/mol. The zero-order chi connectivity index (χ0) is 16.9. The number of halogens is 1. The lowest BCUT2D eigenvalue weighted by molar-refractivity contribution is -0.132. The molecule has 24 heavy (non-hydrogen) atoms. The molecule has 0 saturated heterocycles. The highest BCUT2D eigenvalue weighted by Crippen LogP contribution is 2.18. The van der Waals surface area contributed by atoms with Crippen molar-refractivity contribution in [3.05, 3.63) is 66.1 Å². The van der Waals surface area contributed by atoms with Crippen molar-refractivity contribution in [2.75, 3.05) is 20.2 Å². The molecule has 0 unspecified atom stereocenters. The van der Waals surface area contributed by atoms with Gasteiger partial charge in [0.2, 0.25) is 0 Å². The largest absolute Gasteiger partial charge is 0.481 e. The molecule has 124 valence electrons. The van der Waals surface area contributed by atoms with Crippen LogP contribution in [0.4, 0.5) is 4.39 Å². The Balaban J connectivity index is 1.54. The summed E-state index contributed by atoms with van der Waals surface area (Å²) in [4.78, 5) is 16.9. The summed E-state index contributed by atoms with van der Waals surface area (Å²) >= 11 is 0. The second-order valence-corrected chi connectivity index (χ2v) is 5.64. The van der Waals surface area contributed by atoms with Crippen molar-refractivity contribution in [2.45, 2.75) is 6.42 Å². The number of fused-ring (bicyclic) bond motifs is 1. The number of amides is 1. The van der Waals surface area contributed by atoms with Crippen molar-refractivity contribution in [2.24, 2.45) is 0 Å². The van der Waals surface area contributed by atoms with Crippen molar-refractivity contribution < 1.29 is 13.9 Å². The summed E-state index contributed by atoms with van der Waals surface area (Å²) in [5.41, 5.74) is 2.25. The minimum atomic E-state index is -0.466. The first-order valence-electron chi connectivity index (χ1n) is 7.81. The van der Waals surface area contributed by atoms with Gasteiger partial charge in [-0.05, 0) is 30.2 Å². The van der Waals surface area contributed by atoms with E-state index in [1.54, 1.807) is 24.1 Å². The molecule has 5 heteroatoms. The fourth-order valence-corrected chi connectivity index (χ4v) is 2.56. The topological polar surface area (TPSA) is 45.3 Å². The number of likely N-dealkylation sites (N-methyl/N-ethyl adjacent to an activating group) is 1. The third-order valence-corrected chi connectivity index (χ3v) is 4.01. The molecule has 0 saturated carbocycles. The van der Waals surface area contributed by atoms with Gasteiger partial charge in [-0.1, -0.05) is 30.3 Å². The maximum absolute atomic E-state index is 13.5. The SMILES string of the molecule is CN(CCc1c[nH]c2ccccc12)C(=O)COc1ccccc1F. The van der Waals surface area contributed by atoms with Crippen LogP contribution in [-0.4, -0.2) is 36.0 Å². The molecular formula is C19H19FN2O2. The lowest BCUT2D eigenvalue weighted by Crippen LogP contribution is -2.33. The molecule has 3 rings (SSSR count). The number of aromatic amines is 1. The fourth-order valence-electron chi connectivity index (χ4n) is 2.56. The van der Waals surface area contributed by atoms with Crippen LogP contribution in [0.2, 0.25) is 0 Å². The lowest BCUT2D eigenvalue weighted by atomic mass is 10.1. The molecule has 1 amide bonds. The van der Waals surface area contributed by atoms with Crippen molar-refractivity contribution in [1.29, 1.82) is 0 Å². The standard InChI is InChI=1S/C19H19FN2O2/c1-22(19(23)13-24-18-9-5-3-7-16(18)20)11-10-14-12-21-17-8-4-2-6-15(14)17/h2-9,12,21H,10-11,13H2,1H3. The maximum Gasteiger partial charge on any atom is 0.260 e. The van der Waals surface area contributed by atoms with Gasteiger partial charge in [-0.25, -0.2) is 4.39 Å². The van der Waals surface area contributed by atoms with Crippen molar-refractivity contribution in [3.8, 4) is 5.75 Å². The molecule has 0 aliphatic rings. The summed E-state index contributed by atoms with van der Waals surface area (Å²) in [7, 11) is 1.72. The van der Waals surface area contributed by atoms with E-state index in [-0.39, 0.29) is 18.3 Å². The van der Waals surface area contributed by atoms with Crippen molar-refractivity contribution in [3.63, 3.8) is 0 Å². The van der Waals surface area contributed by atoms with Crippen LogP contribution in [0.25, 0.3) is 10.9 Å². The number of carbonyl (C=O) groups is 1. The van der Waals surface area contributed by atoms with Gasteiger partial charge in [0.1, 0.15) is 0 Å². The Kier molecular flexibility index (Phi) is 4.79. The van der Waals surface area contributed by atoms with Crippen LogP contribution in [-0.2, 0) is 11.2 Å². The molecule has 1 heterocycles. The zero-order valence-electron chi connectivity index (χ0n) is 13.5. The number of ether oxygens (including phenoxy) is 1. The van der Waals surface area contributed by atoms with Gasteiger partial charge in [0.05, 0.1) is 0 Å². The second-order valence-electron chi connectivity index (χ2n) is 5.64. The number of rotatable bonds is 6. The zero-order valence-corrected chi connectivity index (χ0v) is 13.5. The van der Waals surface area contributed by atoms with Gasteiger partial charge in [-0.3, -0.25) is 4.79 Å². The highest BCUT2D eigenvalue weighted by molar-refractivity contribution is 5.83. The molecular weight excluding hydrogens is 307 g/mol. The summed E-state index contributed by atoms with van der Waals surface area (Å²) < 4.78 is 18.7. The molecule has 1 aromatic heterocycles. The van der Waals surface area contributed by atoms with Gasteiger partial charge in [0.25, 0.3) is 5.91 Å². The monoisotopic (exact) mass is 326 g/mol. The predicted octanol–water partition coefficient (Wildman–Crippen LogP) is 3.39. The van der Waals surface area contributed by atoms with E-state index >= 15 is 0 Å². The van der Waals surface area contributed by atoms with Crippen LogP contribution >= 0.6 is 0 Å². The van der Waals surface area contributed by atoms with E-state index < -0.39 is 5.82 Å². The van der Waals surface area contributed by atoms with Gasteiger partial charge in [-0.2, -0.15) is 0 Å². The van der Waals surface area contributed by atoms with Crippen molar-refractivity contribution in [1.82, 2.24) is 9.88 Å². The third kappa shape index (κ3) is 3.56. The van der Waals surface area contributed by atoms with Crippen LogP contribution in [0.15, 0.2) is 54.7 Å². The van der Waals surface area contributed by atoms with Gasteiger partial charge < -0.3 is 14.6 Å². The average Bonchev–Trinajstić information content (AvgIpc) is 3.02. The van der Waals surface area contributed by atoms with E-state index in [0.29, 0.717) is 6.54 Å². The molecule has 0 aliphatic heterocycles. The minimum Gasteiger partial charge on any atom is -0.481 e. The van der Waals surface area contributed by atoms with Crippen LogP contribution in [0.1, 0.15) is 5.56 Å². The van der Waals surface area contributed by atoms with Gasteiger partial charge in [0.15, 0.2) is 18.2 Å². The smallest absolute Gasteiger partial charge is 0.260 e. The molecule has 3 aromatic rings. The molecule has 1 N–H and O–H groups in total. The van der Waals surface area contributed by atoms with Gasteiger partial charge in [-0.15, -0.1) is 0 Å². The number of hydrogen-bond acceptors (Lipinski definition) is 2. The number of nitrogens with one attached hydrogen (secondary N) is 1. The Bertz CT molecular complexity index is 844. The van der Waals surface area contributed by atoms with E-state index in [9.17, 15) is 9.18 Å². The molecule has 0 aliphatic carbocycles. The highest BCUT2D eigenvalue weighted by atomic mass is 19.1. The van der Waals surface area contributed by atoms with Crippen LogP contribution in [0, 0.1) is 5.82 Å². The normalized spacial score (nSPS) is 10.8. The highest BCUT2D eigenvalue weighted by Gasteiger charge is 2.12. The molecule has 0 fully saturated rings. The van der Waals surface area contributed by atoms with E-state index in [1.165, 1.54) is 23.1 Å². The van der Waals surface area contributed by atoms with E-state index in [1.807, 2.05) is 24.4 Å². The van der Waals surface area contributed by atoms with Gasteiger partial charge in [0, 0.05) is 30.7 Å². The number of hydrogen-bond donors (Lipinski definition) is 1. The Hall–Kier alpha value is -2.82. The van der Waals surface area contributed by atoms with E-state index in [2.05, 4.69) is 11.1 Å². The molecule has 0 atom stereocenters. The quantitative estimate of drug-likeness (QED) is 0.755. The molecule has 2 aromatic carbocycles. The number of nitrogens with zero attached hydrogens (tertiary/aromatic N) is 1. The van der Waals surface area contributed by atoms with E-state index in [4.69, 9.17) is 4.74 Å². The molecule has 0 spiro atoms. The Morgan fingerprint density at radius 2 is 1.92 bits per heavy atom. The van der Waals surface area contributed by atoms with Gasteiger partial charge >= 0.3 is 0 Å². The number of aromatic nitrogens is 1. The summed E-state index contributed by atoms with van der Waals surface area (Å²) in [6, 6.07) is 14.1. The summed E-state index contributed by atoms with van der Waals surface area (Å²) in [5.74, 6) is -0.555. The third-order valence-electron chi connectivity index (χ3n) is 4.01. The lowest BCUT2D eigenvalue weighted by Gasteiger charge is -2.17. The van der Waals surface area contributed by atoms with E-state index in [0.717, 1.165) is 11.9 Å². The second kappa shape index (κ2) is 7.17. The first kappa shape index (κ1) is 16.1. The first-order chi connectivity index (χ1) is 11.6. The van der Waals surface area contributed by atoms with Crippen LogP contribution in [0.3, 0.4) is 0 Å². The molecule has 4 nitrogen and oxygen atoms in total. The van der Waals surface area contributed by atoms with Crippen molar-refractivity contribution >= 4 is 16.8 Å². The first-order valence-corrected chi connectivity index (χ1v) is 7.81. The number of carbonyl (C=O) groups excluding carboxylic acids is 1. The average molecular weight is 326 g/mol. The Morgan fingerprint density at radius 1 is 1.17 bits per heavy atom.